The highest BCUT2D eigenvalue weighted by Crippen LogP contribution is 2.21. The molecule has 0 aromatic heterocycles. The standard InChI is InChI=1S/C15H22N2O5.C15H22N2O3S.C15H24N2O3.C10H14N2O3.C6H4FNO2.C4H11NO/c1-5-16(14(18)22-15(2,3)4)10-11-21-13-8-6-12(7-9-13)17(19)20;1-5-17(14(18)20-15(2,3)4)10-11-19-13-8-6-12(16-21)7-9-13;1-5-17(14(18)20-15(2,3)4)10-11-19-13-8-6-12(16)7-9-13;1-2-11-7-8-15-10-5-3-9(4-6-10)12(13)14;7-5-1-3-6(4-2-5)8(9)10;1-2-5-3-4-6/h6-9H,5,10-11H2,1-4H3;6-9H,5,10-11H2,1-4H3;6-9H,5,10-11,16H2,1-4H3;3-6,11H,2,7-8H2,1H3;1-4H;5-6H,2-4H2,1H3. The van der Waals surface area contributed by atoms with Crippen LogP contribution in [0.25, 0.3) is 0 Å². The van der Waals surface area contributed by atoms with Crippen LogP contribution in [0.4, 0.5) is 47.2 Å². The number of halogens is 1. The van der Waals surface area contributed by atoms with Gasteiger partial charge in [0, 0.05) is 87.2 Å². The summed E-state index contributed by atoms with van der Waals surface area (Å²) in [6, 6.07) is 30.6. The van der Waals surface area contributed by atoms with E-state index in [9.17, 15) is 49.1 Å². The van der Waals surface area contributed by atoms with Crippen LogP contribution in [0.1, 0.15) is 96.9 Å². The Kier molecular flexibility index (Phi) is 42.4. The van der Waals surface area contributed by atoms with Gasteiger partial charge in [0.25, 0.3) is 17.1 Å². The van der Waals surface area contributed by atoms with Crippen LogP contribution in [0.2, 0.25) is 0 Å². The van der Waals surface area contributed by atoms with Gasteiger partial charge in [-0.05, 0) is 181 Å². The number of rotatable bonds is 27. The first-order chi connectivity index (χ1) is 44.2. The van der Waals surface area contributed by atoms with Crippen molar-refractivity contribution >= 4 is 59.1 Å². The topological polar surface area (TPSA) is 338 Å². The average Bonchev–Trinajstić information content (AvgIpc) is 2.19. The van der Waals surface area contributed by atoms with Crippen LogP contribution in [-0.2, 0) is 26.6 Å². The van der Waals surface area contributed by atoms with Gasteiger partial charge in [0.1, 0.15) is 72.0 Å². The molecule has 3 amide bonds. The Balaban J connectivity index is 0.00000114. The van der Waals surface area contributed by atoms with E-state index in [1.54, 1.807) is 70.5 Å². The third-order valence-electron chi connectivity index (χ3n) is 11.3. The molecule has 0 spiro atoms. The molecule has 0 fully saturated rings. The summed E-state index contributed by atoms with van der Waals surface area (Å²) < 4.78 is 53.7. The van der Waals surface area contributed by atoms with E-state index < -0.39 is 37.4 Å². The molecule has 27 nitrogen and oxygen atoms in total. The van der Waals surface area contributed by atoms with Gasteiger partial charge in [-0.3, -0.25) is 30.3 Å². The first-order valence-corrected chi connectivity index (χ1v) is 30.8. The van der Waals surface area contributed by atoms with Gasteiger partial charge in [0.05, 0.1) is 46.7 Å². The zero-order chi connectivity index (χ0) is 71.3. The van der Waals surface area contributed by atoms with Crippen molar-refractivity contribution in [3.8, 4) is 23.0 Å². The lowest BCUT2D eigenvalue weighted by Crippen LogP contribution is -2.38. The fourth-order valence-corrected chi connectivity index (χ4v) is 6.79. The van der Waals surface area contributed by atoms with Crippen molar-refractivity contribution < 1.29 is 71.8 Å². The van der Waals surface area contributed by atoms with E-state index in [-0.39, 0.29) is 48.6 Å². The first-order valence-electron chi connectivity index (χ1n) is 30.4. The molecule has 5 aromatic carbocycles. The number of benzene rings is 5. The Morgan fingerprint density at radius 3 is 1.02 bits per heavy atom. The summed E-state index contributed by atoms with van der Waals surface area (Å²) >= 11 is 4.60. The van der Waals surface area contributed by atoms with Crippen molar-refractivity contribution in [3.63, 3.8) is 0 Å². The lowest BCUT2D eigenvalue weighted by atomic mass is 10.2. The molecule has 5 N–H and O–H groups in total. The van der Waals surface area contributed by atoms with Gasteiger partial charge < -0.3 is 69.3 Å². The number of nitro groups is 3. The van der Waals surface area contributed by atoms with E-state index in [1.165, 1.54) is 41.3 Å². The number of nitro benzene ring substituents is 3. The van der Waals surface area contributed by atoms with Crippen molar-refractivity contribution in [2.24, 2.45) is 4.36 Å². The molecule has 0 bridgehead atoms. The van der Waals surface area contributed by atoms with Crippen LogP contribution in [0, 0.1) is 36.2 Å². The first kappa shape index (κ1) is 84.9. The number of hydrogen-bond donors (Lipinski definition) is 4. The predicted molar refractivity (Wildman–Crippen MR) is 363 cm³/mol. The zero-order valence-corrected chi connectivity index (χ0v) is 57.4. The van der Waals surface area contributed by atoms with Crippen LogP contribution < -0.4 is 35.3 Å². The number of likely N-dealkylation sites (N-methyl/N-ethyl adjacent to an activating group) is 5. The number of nitrogens with one attached hydrogen (secondary N) is 2. The Morgan fingerprint density at radius 1 is 0.489 bits per heavy atom. The molecule has 5 aromatic rings. The number of nitrogen functional groups attached to an aromatic ring is 1. The average molecular weight is 1340 g/mol. The highest BCUT2D eigenvalue weighted by Gasteiger charge is 2.23. The van der Waals surface area contributed by atoms with Crippen molar-refractivity contribution in [2.75, 3.05) is 104 Å². The highest BCUT2D eigenvalue weighted by atomic mass is 32.1. The third kappa shape index (κ3) is 42.2. The smallest absolute Gasteiger partial charge is 0.410 e. The summed E-state index contributed by atoms with van der Waals surface area (Å²) in [6.45, 7) is 34.5. The van der Waals surface area contributed by atoms with Crippen LogP contribution in [0.3, 0.4) is 0 Å². The fraction of sp³-hybridized carbons (Fsp3) is 0.492. The lowest BCUT2D eigenvalue weighted by Gasteiger charge is -2.26. The second-order valence-corrected chi connectivity index (χ2v) is 22.6. The number of amides is 3. The summed E-state index contributed by atoms with van der Waals surface area (Å²) in [4.78, 5) is 70.0. The fourth-order valence-electron chi connectivity index (χ4n) is 6.67. The Labute approximate surface area is 556 Å². The van der Waals surface area contributed by atoms with E-state index in [0.29, 0.717) is 76.3 Å². The number of aliphatic hydroxyl groups is 1. The Hall–Kier alpha value is -9.06. The van der Waals surface area contributed by atoms with Gasteiger partial charge >= 0.3 is 18.3 Å². The molecule has 5 rings (SSSR count). The van der Waals surface area contributed by atoms with Gasteiger partial charge in [-0.1, -0.05) is 13.8 Å². The number of anilines is 1. The number of ether oxygens (including phenoxy) is 7. The zero-order valence-electron chi connectivity index (χ0n) is 56.6. The number of hydrogen-bond acceptors (Lipinski definition) is 22. The van der Waals surface area contributed by atoms with E-state index in [0.717, 1.165) is 67.6 Å². The number of nitrogens with zero attached hydrogens (tertiary/aromatic N) is 7. The Morgan fingerprint density at radius 2 is 0.766 bits per heavy atom. The minimum atomic E-state index is -0.570. The van der Waals surface area contributed by atoms with Gasteiger partial charge in [0.2, 0.25) is 0 Å². The number of nitrogens with two attached hydrogens (primary N) is 1. The molecule has 0 saturated carbocycles. The number of carbonyl (C=O) groups is 3. The third-order valence-corrected chi connectivity index (χ3v) is 11.5. The van der Waals surface area contributed by atoms with Gasteiger partial charge in [0.15, 0.2) is 0 Å². The molecule has 0 unspecified atom stereocenters. The maximum Gasteiger partial charge on any atom is 0.410 e. The molecule has 0 saturated heterocycles. The molecule has 0 aliphatic rings. The van der Waals surface area contributed by atoms with Crippen molar-refractivity contribution in [2.45, 2.75) is 114 Å². The number of aliphatic hydroxyl groups excluding tert-OH is 1. The Bertz CT molecular complexity index is 2930. The summed E-state index contributed by atoms with van der Waals surface area (Å²) in [6.07, 6.45) is -1.03. The van der Waals surface area contributed by atoms with E-state index >= 15 is 0 Å². The molecule has 0 radical (unpaired) electrons. The van der Waals surface area contributed by atoms with Crippen molar-refractivity contribution in [1.29, 1.82) is 0 Å². The summed E-state index contributed by atoms with van der Waals surface area (Å²) in [5.74, 6) is 2.16. The molecule has 522 valence electrons. The molecule has 0 atom stereocenters. The number of carbonyl (C=O) groups excluding carboxylic acids is 3. The molecule has 94 heavy (non-hydrogen) atoms. The van der Waals surface area contributed by atoms with Crippen LogP contribution in [0.15, 0.2) is 126 Å². The van der Waals surface area contributed by atoms with E-state index in [2.05, 4.69) is 27.4 Å². The van der Waals surface area contributed by atoms with Crippen molar-refractivity contribution in [1.82, 2.24) is 25.3 Å². The normalized spacial score (nSPS) is 10.5. The molecule has 29 heteroatoms. The van der Waals surface area contributed by atoms with E-state index in [4.69, 9.17) is 44.0 Å². The maximum atomic E-state index is 12.1. The van der Waals surface area contributed by atoms with Crippen LogP contribution in [0.5, 0.6) is 23.0 Å². The molecule has 0 aliphatic heterocycles. The van der Waals surface area contributed by atoms with Crippen LogP contribution >= 0.6 is 0 Å². The van der Waals surface area contributed by atoms with E-state index in [1.807, 2.05) is 96.9 Å². The minimum absolute atomic E-state index is 0.0105. The highest BCUT2D eigenvalue weighted by molar-refractivity contribution is 7.47. The molecular weight excluding hydrogens is 1240 g/mol. The summed E-state index contributed by atoms with van der Waals surface area (Å²) in [5, 5.41) is 45.1. The van der Waals surface area contributed by atoms with Gasteiger partial charge in [-0.15, -0.1) is 0 Å². The SMILES string of the molecule is CCN(CCOc1ccc(N)cc1)C(=O)OC(C)(C)C.CCN(CCOc1ccc(N=S)cc1)C(=O)OC(C)(C)C.CCN(CCOc1ccc([N+](=O)[O-])cc1)C(=O)OC(C)(C)C.CCNCCO.CCNCCOc1ccc([N+](=O)[O-])cc1.O=[N+]([O-])c1ccc(F)cc1. The quantitative estimate of drug-likeness (QED) is 0.0125. The monoisotopic (exact) mass is 1340 g/mol. The summed E-state index contributed by atoms with van der Waals surface area (Å²) in [5.41, 5.74) is 5.50. The second kappa shape index (κ2) is 46.9. The number of non-ortho nitro benzene ring substituents is 3. The molecule has 0 aliphatic carbocycles. The molecular formula is C65H97FN10O17S. The predicted octanol–water partition coefficient (Wildman–Crippen LogP) is 12.7. The molecule has 0 heterocycles. The van der Waals surface area contributed by atoms with Crippen LogP contribution in [-0.4, -0.2) is 168 Å². The lowest BCUT2D eigenvalue weighted by molar-refractivity contribution is -0.385. The minimum Gasteiger partial charge on any atom is -0.492 e. The van der Waals surface area contributed by atoms with Crippen molar-refractivity contribution in [3.05, 3.63) is 157 Å². The second-order valence-electron chi connectivity index (χ2n) is 22.4. The van der Waals surface area contributed by atoms with Gasteiger partial charge in [-0.2, -0.15) is 4.36 Å². The van der Waals surface area contributed by atoms with Gasteiger partial charge in [-0.25, -0.2) is 18.8 Å². The maximum absolute atomic E-state index is 12.1. The summed E-state index contributed by atoms with van der Waals surface area (Å²) in [7, 11) is 0. The largest absolute Gasteiger partial charge is 0.492 e.